The second-order valence-corrected chi connectivity index (χ2v) is 4.91. The van der Waals surface area contributed by atoms with E-state index in [4.69, 9.17) is 0 Å². The first-order valence-corrected chi connectivity index (χ1v) is 5.60. The molecule has 13 heavy (non-hydrogen) atoms. The number of hydrogen-bond donors (Lipinski definition) is 0. The Kier molecular flexibility index (Phi) is 3.68. The third-order valence-corrected chi connectivity index (χ3v) is 2.90. The lowest BCUT2D eigenvalue weighted by Crippen LogP contribution is -2.08. The molecule has 0 aliphatic rings. The van der Waals surface area contributed by atoms with Crippen LogP contribution in [0.5, 0.6) is 0 Å². The van der Waals surface area contributed by atoms with Gasteiger partial charge in [-0.15, -0.1) is 0 Å². The molecule has 0 saturated carbocycles. The van der Waals surface area contributed by atoms with Gasteiger partial charge < -0.3 is 0 Å². The van der Waals surface area contributed by atoms with E-state index in [1.807, 2.05) is 32.0 Å². The van der Waals surface area contributed by atoms with Crippen LogP contribution < -0.4 is 0 Å². The van der Waals surface area contributed by atoms with Crippen LogP contribution in [0.4, 0.5) is 0 Å². The number of carbonyl (C=O) groups is 1. The van der Waals surface area contributed by atoms with Gasteiger partial charge in [0.2, 0.25) is 0 Å². The van der Waals surface area contributed by atoms with Gasteiger partial charge in [-0.1, -0.05) is 45.7 Å². The molecule has 0 heterocycles. The van der Waals surface area contributed by atoms with Crippen LogP contribution in [0, 0.1) is 5.92 Å². The SMILES string of the molecule is CC(C)C(=O)c1cc(Br)ccc1Br. The molecular formula is C10H10Br2O. The third kappa shape index (κ3) is 2.64. The van der Waals surface area contributed by atoms with Gasteiger partial charge in [0.05, 0.1) is 0 Å². The lowest BCUT2D eigenvalue weighted by Gasteiger charge is -2.06. The molecular weight excluding hydrogens is 296 g/mol. The van der Waals surface area contributed by atoms with Crippen LogP contribution in [-0.4, -0.2) is 5.78 Å². The van der Waals surface area contributed by atoms with E-state index in [0.29, 0.717) is 0 Å². The molecule has 0 aliphatic heterocycles. The van der Waals surface area contributed by atoms with Crippen molar-refractivity contribution in [3.05, 3.63) is 32.7 Å². The fraction of sp³-hybridized carbons (Fsp3) is 0.300. The van der Waals surface area contributed by atoms with E-state index < -0.39 is 0 Å². The summed E-state index contributed by atoms with van der Waals surface area (Å²) in [6, 6.07) is 5.62. The predicted molar refractivity (Wildman–Crippen MR) is 61.0 cm³/mol. The summed E-state index contributed by atoms with van der Waals surface area (Å²) in [4.78, 5) is 11.7. The first-order valence-electron chi connectivity index (χ1n) is 4.01. The average molecular weight is 306 g/mol. The van der Waals surface area contributed by atoms with Crippen LogP contribution in [0.1, 0.15) is 24.2 Å². The molecule has 0 bridgehead atoms. The number of hydrogen-bond acceptors (Lipinski definition) is 1. The summed E-state index contributed by atoms with van der Waals surface area (Å²) >= 11 is 6.70. The fourth-order valence-corrected chi connectivity index (χ4v) is 1.80. The van der Waals surface area contributed by atoms with Crippen molar-refractivity contribution >= 4 is 37.6 Å². The maximum Gasteiger partial charge on any atom is 0.166 e. The molecule has 0 amide bonds. The van der Waals surface area contributed by atoms with Crippen molar-refractivity contribution in [1.82, 2.24) is 0 Å². The van der Waals surface area contributed by atoms with Gasteiger partial charge in [0.1, 0.15) is 0 Å². The molecule has 0 N–H and O–H groups in total. The molecule has 0 spiro atoms. The molecule has 0 saturated heterocycles. The number of carbonyl (C=O) groups excluding carboxylic acids is 1. The van der Waals surface area contributed by atoms with Gasteiger partial charge >= 0.3 is 0 Å². The normalized spacial score (nSPS) is 10.5. The number of halogens is 2. The lowest BCUT2D eigenvalue weighted by molar-refractivity contribution is 0.0938. The van der Waals surface area contributed by atoms with E-state index in [2.05, 4.69) is 31.9 Å². The monoisotopic (exact) mass is 304 g/mol. The zero-order valence-corrected chi connectivity index (χ0v) is 10.6. The Morgan fingerprint density at radius 2 is 1.92 bits per heavy atom. The van der Waals surface area contributed by atoms with E-state index in [0.717, 1.165) is 14.5 Å². The van der Waals surface area contributed by atoms with Crippen molar-refractivity contribution < 1.29 is 4.79 Å². The Hall–Kier alpha value is -0.150. The van der Waals surface area contributed by atoms with Gasteiger partial charge in [0.15, 0.2) is 5.78 Å². The van der Waals surface area contributed by atoms with Gasteiger partial charge in [0.25, 0.3) is 0 Å². The number of ketones is 1. The van der Waals surface area contributed by atoms with E-state index >= 15 is 0 Å². The van der Waals surface area contributed by atoms with E-state index in [9.17, 15) is 4.79 Å². The smallest absolute Gasteiger partial charge is 0.166 e. The van der Waals surface area contributed by atoms with Crippen molar-refractivity contribution in [2.75, 3.05) is 0 Å². The Bertz CT molecular complexity index is 332. The minimum Gasteiger partial charge on any atom is -0.294 e. The first kappa shape index (κ1) is 10.9. The van der Waals surface area contributed by atoms with Gasteiger partial charge in [-0.25, -0.2) is 0 Å². The molecule has 70 valence electrons. The zero-order chi connectivity index (χ0) is 10.0. The van der Waals surface area contributed by atoms with Gasteiger partial charge in [-0.3, -0.25) is 4.79 Å². The summed E-state index contributed by atoms with van der Waals surface area (Å²) in [6.45, 7) is 3.80. The number of benzene rings is 1. The van der Waals surface area contributed by atoms with Crippen molar-refractivity contribution in [3.8, 4) is 0 Å². The highest BCUT2D eigenvalue weighted by Crippen LogP contribution is 2.23. The minimum atomic E-state index is 0.0330. The van der Waals surface area contributed by atoms with Gasteiger partial charge in [0, 0.05) is 20.4 Å². The summed E-state index contributed by atoms with van der Waals surface area (Å²) in [5, 5.41) is 0. The molecule has 1 rings (SSSR count). The second kappa shape index (κ2) is 4.38. The summed E-state index contributed by atoms with van der Waals surface area (Å²) in [5.74, 6) is 0.193. The van der Waals surface area contributed by atoms with Crippen molar-refractivity contribution in [3.63, 3.8) is 0 Å². The quantitative estimate of drug-likeness (QED) is 0.753. The second-order valence-electron chi connectivity index (χ2n) is 3.14. The number of rotatable bonds is 2. The van der Waals surface area contributed by atoms with E-state index in [1.54, 1.807) is 0 Å². The molecule has 0 atom stereocenters. The first-order chi connectivity index (χ1) is 6.02. The molecule has 0 aliphatic carbocycles. The molecule has 0 fully saturated rings. The van der Waals surface area contributed by atoms with E-state index in [1.165, 1.54) is 0 Å². The minimum absolute atomic E-state index is 0.0330. The summed E-state index contributed by atoms with van der Waals surface area (Å²) < 4.78 is 1.79. The number of Topliss-reactive ketones (excluding diaryl/α,β-unsaturated/α-hetero) is 1. The predicted octanol–water partition coefficient (Wildman–Crippen LogP) is 4.05. The van der Waals surface area contributed by atoms with Crippen LogP contribution in [0.3, 0.4) is 0 Å². The maximum absolute atomic E-state index is 11.7. The topological polar surface area (TPSA) is 17.1 Å². The molecule has 0 aromatic heterocycles. The average Bonchev–Trinajstić information content (AvgIpc) is 2.08. The molecule has 1 nitrogen and oxygen atoms in total. The molecule has 1 aromatic rings. The van der Waals surface area contributed by atoms with E-state index in [-0.39, 0.29) is 11.7 Å². The van der Waals surface area contributed by atoms with Crippen LogP contribution in [0.2, 0.25) is 0 Å². The Morgan fingerprint density at radius 1 is 1.31 bits per heavy atom. The summed E-state index contributed by atoms with van der Waals surface area (Å²) in [6.07, 6.45) is 0. The van der Waals surface area contributed by atoms with Gasteiger partial charge in [-0.05, 0) is 18.2 Å². The Morgan fingerprint density at radius 3 is 2.46 bits per heavy atom. The largest absolute Gasteiger partial charge is 0.294 e. The third-order valence-electron chi connectivity index (χ3n) is 1.72. The van der Waals surface area contributed by atoms with Crippen molar-refractivity contribution in [2.45, 2.75) is 13.8 Å². The van der Waals surface area contributed by atoms with Crippen LogP contribution in [0.15, 0.2) is 27.1 Å². The summed E-state index contributed by atoms with van der Waals surface area (Å²) in [7, 11) is 0. The standard InChI is InChI=1S/C10H10Br2O/c1-6(2)10(13)8-5-7(11)3-4-9(8)12/h3-6H,1-2H3. The fourth-order valence-electron chi connectivity index (χ4n) is 0.997. The zero-order valence-electron chi connectivity index (χ0n) is 7.47. The highest BCUT2D eigenvalue weighted by molar-refractivity contribution is 9.11. The maximum atomic E-state index is 11.7. The Balaban J connectivity index is 3.13. The molecule has 0 unspecified atom stereocenters. The van der Waals surface area contributed by atoms with Gasteiger partial charge in [-0.2, -0.15) is 0 Å². The molecule has 3 heteroatoms. The van der Waals surface area contributed by atoms with Crippen LogP contribution >= 0.6 is 31.9 Å². The molecule has 0 radical (unpaired) electrons. The summed E-state index contributed by atoms with van der Waals surface area (Å²) in [5.41, 5.74) is 0.740. The molecule has 1 aromatic carbocycles. The highest BCUT2D eigenvalue weighted by Gasteiger charge is 2.13. The van der Waals surface area contributed by atoms with Crippen molar-refractivity contribution in [1.29, 1.82) is 0 Å². The van der Waals surface area contributed by atoms with Crippen LogP contribution in [0.25, 0.3) is 0 Å². The Labute approximate surface area is 94.8 Å². The van der Waals surface area contributed by atoms with Crippen molar-refractivity contribution in [2.24, 2.45) is 5.92 Å². The highest BCUT2D eigenvalue weighted by atomic mass is 79.9. The van der Waals surface area contributed by atoms with Crippen LogP contribution in [-0.2, 0) is 0 Å². The lowest BCUT2D eigenvalue weighted by atomic mass is 10.0.